The first-order valence-electron chi connectivity index (χ1n) is 12.6. The lowest BCUT2D eigenvalue weighted by Gasteiger charge is -2.31. The van der Waals surface area contributed by atoms with Crippen molar-refractivity contribution in [3.8, 4) is 0 Å². The minimum absolute atomic E-state index is 0.0331. The van der Waals surface area contributed by atoms with Crippen LogP contribution < -0.4 is 0 Å². The molecule has 2 aliphatic heterocycles. The maximum absolute atomic E-state index is 13.2. The largest absolute Gasteiger partial charge is 0.362 e. The van der Waals surface area contributed by atoms with Crippen LogP contribution in [0.2, 0.25) is 0 Å². The highest BCUT2D eigenvalue weighted by molar-refractivity contribution is 7.85. The molecule has 1 aromatic carbocycles. The van der Waals surface area contributed by atoms with Gasteiger partial charge >= 0.3 is 0 Å². The maximum Gasteiger partial charge on any atom is 0.282 e. The van der Waals surface area contributed by atoms with Crippen LogP contribution in [-0.2, 0) is 36.2 Å². The van der Waals surface area contributed by atoms with Crippen molar-refractivity contribution in [1.82, 2.24) is 19.7 Å². The molecular formula is C25H25F4N5O5S2. The van der Waals surface area contributed by atoms with Gasteiger partial charge < -0.3 is 9.74 Å². The van der Waals surface area contributed by atoms with Crippen LogP contribution in [0, 0.1) is 0 Å². The zero-order valence-corrected chi connectivity index (χ0v) is 23.0. The number of nitrogens with zero attached hydrogens (tertiary/aromatic N) is 5. The Kier molecular flexibility index (Phi) is 8.70. The summed E-state index contributed by atoms with van der Waals surface area (Å²) in [5, 5.41) is 10.0. The molecule has 0 N–H and O–H groups in total. The zero-order chi connectivity index (χ0) is 29.1. The molecule has 220 valence electrons. The Labute approximate surface area is 236 Å². The standard InChI is InChI=1S/C25H25F4N5O5S2/c26-23(27)18-10-20(24(28)29)34(31-18)12-21(35)33-8-6-16(7-9-33)25-30-19(13-40-25)17-11-22(38-32-17)39-41(36,37)14-15-4-2-1-3-5-15/h1-5,10,13,16,22-24H,6-9,11-12,14H2/t22-/m1/s1. The molecule has 1 atom stereocenters. The van der Waals surface area contributed by atoms with E-state index in [1.165, 1.54) is 16.2 Å². The van der Waals surface area contributed by atoms with E-state index in [0.717, 1.165) is 5.01 Å². The van der Waals surface area contributed by atoms with E-state index in [9.17, 15) is 30.8 Å². The summed E-state index contributed by atoms with van der Waals surface area (Å²) in [6.07, 6.45) is -5.91. The molecule has 2 aliphatic rings. The lowest BCUT2D eigenvalue weighted by molar-refractivity contribution is -0.133. The average Bonchev–Trinajstić information content (AvgIpc) is 3.69. The van der Waals surface area contributed by atoms with Gasteiger partial charge in [-0.15, -0.1) is 11.3 Å². The van der Waals surface area contributed by atoms with Gasteiger partial charge in [-0.2, -0.15) is 13.5 Å². The lowest BCUT2D eigenvalue weighted by Crippen LogP contribution is -2.40. The number of hydrogen-bond donors (Lipinski definition) is 0. The van der Waals surface area contributed by atoms with Crippen molar-refractivity contribution in [1.29, 1.82) is 0 Å². The predicted octanol–water partition coefficient (Wildman–Crippen LogP) is 4.62. The lowest BCUT2D eigenvalue weighted by atomic mass is 9.97. The molecule has 0 unspecified atom stereocenters. The molecule has 1 amide bonds. The van der Waals surface area contributed by atoms with Crippen LogP contribution in [-0.4, -0.2) is 59.1 Å². The Bertz CT molecular complexity index is 1510. The number of thiazole rings is 1. The smallest absolute Gasteiger partial charge is 0.282 e. The minimum atomic E-state index is -3.90. The van der Waals surface area contributed by atoms with Gasteiger partial charge in [0, 0.05) is 24.4 Å². The van der Waals surface area contributed by atoms with Crippen LogP contribution in [0.1, 0.15) is 65.7 Å². The third-order valence-corrected chi connectivity index (χ3v) is 8.86. The molecule has 0 spiro atoms. The van der Waals surface area contributed by atoms with Crippen LogP contribution in [0.4, 0.5) is 17.6 Å². The summed E-state index contributed by atoms with van der Waals surface area (Å²) >= 11 is 1.40. The van der Waals surface area contributed by atoms with Gasteiger partial charge in [-0.1, -0.05) is 35.5 Å². The molecule has 0 bridgehead atoms. The second-order valence-corrected chi connectivity index (χ2v) is 12.0. The molecule has 2 aromatic heterocycles. The van der Waals surface area contributed by atoms with Gasteiger partial charge in [-0.25, -0.2) is 26.7 Å². The normalized spacial score (nSPS) is 18.2. The summed E-state index contributed by atoms with van der Waals surface area (Å²) < 4.78 is 82.9. The molecule has 0 saturated carbocycles. The molecule has 16 heteroatoms. The Morgan fingerprint density at radius 3 is 2.54 bits per heavy atom. The molecular weight excluding hydrogens is 590 g/mol. The number of halogens is 4. The molecule has 10 nitrogen and oxygen atoms in total. The molecule has 4 heterocycles. The van der Waals surface area contributed by atoms with E-state index in [1.54, 1.807) is 35.7 Å². The van der Waals surface area contributed by atoms with Gasteiger partial charge in [0.15, 0.2) is 0 Å². The van der Waals surface area contributed by atoms with Crippen molar-refractivity contribution in [3.63, 3.8) is 0 Å². The number of carbonyl (C=O) groups is 1. The summed E-state index contributed by atoms with van der Waals surface area (Å²) in [6.45, 7) is 0.123. The van der Waals surface area contributed by atoms with Gasteiger partial charge in [-0.05, 0) is 24.5 Å². The van der Waals surface area contributed by atoms with Gasteiger partial charge in [-0.3, -0.25) is 9.48 Å². The summed E-state index contributed by atoms with van der Waals surface area (Å²) in [7, 11) is -3.90. The molecule has 3 aromatic rings. The Morgan fingerprint density at radius 2 is 1.85 bits per heavy atom. The van der Waals surface area contributed by atoms with Gasteiger partial charge in [0.2, 0.25) is 12.2 Å². The number of piperidine rings is 1. The summed E-state index contributed by atoms with van der Waals surface area (Å²) in [5.74, 6) is -0.748. The number of alkyl halides is 4. The van der Waals surface area contributed by atoms with E-state index in [2.05, 4.69) is 15.2 Å². The number of oxime groups is 1. The number of benzene rings is 1. The van der Waals surface area contributed by atoms with Crippen LogP contribution in [0.25, 0.3) is 0 Å². The van der Waals surface area contributed by atoms with Crippen molar-refractivity contribution < 1.29 is 39.8 Å². The number of amides is 1. The molecule has 0 aliphatic carbocycles. The summed E-state index contributed by atoms with van der Waals surface area (Å²) in [6, 6.07) is 9.24. The van der Waals surface area contributed by atoms with Gasteiger partial charge in [0.05, 0.1) is 17.1 Å². The fraction of sp³-hybridized carbons (Fsp3) is 0.440. The number of aromatic nitrogens is 3. The van der Waals surface area contributed by atoms with Gasteiger partial charge in [0.1, 0.15) is 29.4 Å². The first-order valence-corrected chi connectivity index (χ1v) is 15.1. The van der Waals surface area contributed by atoms with Crippen LogP contribution >= 0.6 is 11.3 Å². The quantitative estimate of drug-likeness (QED) is 0.242. The zero-order valence-electron chi connectivity index (χ0n) is 21.4. The first kappa shape index (κ1) is 29.1. The predicted molar refractivity (Wildman–Crippen MR) is 139 cm³/mol. The van der Waals surface area contributed by atoms with E-state index in [4.69, 9.17) is 9.02 Å². The van der Waals surface area contributed by atoms with E-state index in [1.807, 2.05) is 0 Å². The Balaban J connectivity index is 1.12. The Morgan fingerprint density at radius 1 is 1.12 bits per heavy atom. The number of hydrogen-bond acceptors (Lipinski definition) is 9. The van der Waals surface area contributed by atoms with E-state index in [-0.39, 0.29) is 18.1 Å². The molecule has 5 rings (SSSR count). The van der Waals surface area contributed by atoms with E-state index < -0.39 is 53.1 Å². The molecule has 1 saturated heterocycles. The highest BCUT2D eigenvalue weighted by Crippen LogP contribution is 2.32. The van der Waals surface area contributed by atoms with Crippen molar-refractivity contribution in [2.24, 2.45) is 5.16 Å². The van der Waals surface area contributed by atoms with Crippen LogP contribution in [0.5, 0.6) is 0 Å². The highest BCUT2D eigenvalue weighted by atomic mass is 32.2. The monoisotopic (exact) mass is 615 g/mol. The van der Waals surface area contributed by atoms with Crippen LogP contribution in [0.3, 0.4) is 0 Å². The maximum atomic E-state index is 13.2. The van der Waals surface area contributed by atoms with Crippen molar-refractivity contribution in [2.45, 2.75) is 56.6 Å². The fourth-order valence-corrected chi connectivity index (χ4v) is 6.71. The molecule has 1 fully saturated rings. The highest BCUT2D eigenvalue weighted by Gasteiger charge is 2.32. The number of rotatable bonds is 10. The Hall–Kier alpha value is -3.37. The average molecular weight is 616 g/mol. The first-order chi connectivity index (χ1) is 19.6. The van der Waals surface area contributed by atoms with E-state index in [0.29, 0.717) is 53.6 Å². The summed E-state index contributed by atoms with van der Waals surface area (Å²) in [5.41, 5.74) is 0.0680. The van der Waals surface area contributed by atoms with Gasteiger partial charge in [0.25, 0.3) is 23.0 Å². The van der Waals surface area contributed by atoms with Crippen molar-refractivity contribution >= 4 is 33.1 Å². The van der Waals surface area contributed by atoms with Crippen LogP contribution in [0.15, 0.2) is 46.9 Å². The van der Waals surface area contributed by atoms with Crippen molar-refractivity contribution in [3.05, 3.63) is 69.4 Å². The number of carbonyl (C=O) groups excluding carboxylic acids is 1. The number of likely N-dealkylation sites (tertiary alicyclic amines) is 1. The molecule has 41 heavy (non-hydrogen) atoms. The van der Waals surface area contributed by atoms with E-state index >= 15 is 0 Å². The fourth-order valence-electron chi connectivity index (χ4n) is 4.61. The third-order valence-electron chi connectivity index (χ3n) is 6.66. The second kappa shape index (κ2) is 12.2. The molecule has 0 radical (unpaired) electrons. The SMILES string of the molecule is O=C(Cn1nc(C(F)F)cc1C(F)F)N1CCC(c2nc(C3=NO[C@H](OS(=O)(=O)Cc4ccccc4)C3)cs2)CC1. The third kappa shape index (κ3) is 7.11. The topological polar surface area (TPSA) is 116 Å². The summed E-state index contributed by atoms with van der Waals surface area (Å²) in [4.78, 5) is 24.0. The second-order valence-electron chi connectivity index (χ2n) is 9.54. The minimum Gasteiger partial charge on any atom is -0.362 e. The van der Waals surface area contributed by atoms with Crippen molar-refractivity contribution in [2.75, 3.05) is 13.1 Å².